The summed E-state index contributed by atoms with van der Waals surface area (Å²) in [5, 5.41) is 17.7. The lowest BCUT2D eigenvalue weighted by atomic mass is 10.0. The van der Waals surface area contributed by atoms with Crippen molar-refractivity contribution >= 4 is 65.3 Å². The number of carbonyl (C=O) groups is 9. The maximum Gasteiger partial charge on any atom is 0.408 e. The fourth-order valence-corrected chi connectivity index (χ4v) is 7.28. The second-order valence-corrected chi connectivity index (χ2v) is 17.8. The van der Waals surface area contributed by atoms with E-state index in [1.54, 1.807) is 63.2 Å². The summed E-state index contributed by atoms with van der Waals surface area (Å²) >= 11 is 1.30. The number of hydrazine groups is 1. The highest BCUT2D eigenvalue weighted by molar-refractivity contribution is 7.98. The van der Waals surface area contributed by atoms with Gasteiger partial charge < -0.3 is 52.4 Å². The number of nitrogens with one attached hydrogen (secondary N) is 8. The third kappa shape index (κ3) is 22.9. The van der Waals surface area contributed by atoms with Crippen molar-refractivity contribution in [2.75, 3.05) is 18.8 Å². The number of primary amides is 1. The van der Waals surface area contributed by atoms with Crippen LogP contribution in [0.15, 0.2) is 91.0 Å². The molecule has 0 heterocycles. The van der Waals surface area contributed by atoms with Gasteiger partial charge in [-0.05, 0) is 63.6 Å². The molecule has 3 aromatic rings. The molecule has 69 heavy (non-hydrogen) atoms. The summed E-state index contributed by atoms with van der Waals surface area (Å²) in [5.41, 5.74) is 9.06. The molecule has 12 N–H and O–H groups in total. The molecular weight excluding hydrogens is 913 g/mol. The molecule has 5 atom stereocenters. The van der Waals surface area contributed by atoms with E-state index in [9.17, 15) is 43.2 Å². The van der Waals surface area contributed by atoms with E-state index in [1.165, 1.54) is 18.7 Å². The van der Waals surface area contributed by atoms with Crippen LogP contribution in [0.1, 0.15) is 70.1 Å². The Bertz CT molecular complexity index is 2170. The Balaban J connectivity index is 1.80. The second kappa shape index (κ2) is 29.5. The summed E-state index contributed by atoms with van der Waals surface area (Å²) in [6, 6.07) is 20.4. The van der Waals surface area contributed by atoms with Gasteiger partial charge in [-0.1, -0.05) is 91.0 Å². The van der Waals surface area contributed by atoms with Crippen LogP contribution in [0.3, 0.4) is 0 Å². The first-order valence-corrected chi connectivity index (χ1v) is 23.4. The van der Waals surface area contributed by atoms with Gasteiger partial charge in [0.25, 0.3) is 5.91 Å². The minimum atomic E-state index is -1.62. The number of alkyl carbamates (subject to hydrolysis) is 2. The van der Waals surface area contributed by atoms with Crippen LogP contribution in [0.4, 0.5) is 9.59 Å². The Hall–Kier alpha value is -7.20. The van der Waals surface area contributed by atoms with Crippen LogP contribution < -0.4 is 54.2 Å². The summed E-state index contributed by atoms with van der Waals surface area (Å²) in [6.07, 6.45) is -1.75. The molecule has 0 saturated carbocycles. The number of ether oxygens (including phenoxy) is 2. The number of carbonyl (C=O) groups excluding carboxylic acids is 9. The van der Waals surface area contributed by atoms with Gasteiger partial charge in [0.05, 0.1) is 13.0 Å². The first-order chi connectivity index (χ1) is 32.8. The lowest BCUT2D eigenvalue weighted by molar-refractivity contribution is -0.135. The molecule has 0 bridgehead atoms. The van der Waals surface area contributed by atoms with Crippen molar-refractivity contribution < 1.29 is 52.6 Å². The number of amides is 9. The summed E-state index contributed by atoms with van der Waals surface area (Å²) < 4.78 is 10.4. The zero-order valence-electron chi connectivity index (χ0n) is 39.2. The molecule has 0 aliphatic heterocycles. The average Bonchev–Trinajstić information content (AvgIpc) is 3.31. The number of unbranched alkanes of at least 4 members (excludes halogenated alkanes) is 1. The van der Waals surface area contributed by atoms with Crippen molar-refractivity contribution in [3.8, 4) is 0 Å². The van der Waals surface area contributed by atoms with E-state index in [-0.39, 0.29) is 38.2 Å². The highest BCUT2D eigenvalue weighted by Gasteiger charge is 2.32. The predicted octanol–water partition coefficient (Wildman–Crippen LogP) is 1.09. The van der Waals surface area contributed by atoms with Crippen LogP contribution in [0.5, 0.6) is 0 Å². The number of benzene rings is 3. The molecule has 0 saturated heterocycles. The van der Waals surface area contributed by atoms with Gasteiger partial charge >= 0.3 is 12.2 Å². The molecule has 9 amide bonds. The van der Waals surface area contributed by atoms with Crippen LogP contribution in [0.2, 0.25) is 0 Å². The first-order valence-electron chi connectivity index (χ1n) is 22.2. The molecule has 0 aromatic heterocycles. The van der Waals surface area contributed by atoms with Crippen molar-refractivity contribution in [3.63, 3.8) is 0 Å². The lowest BCUT2D eigenvalue weighted by Crippen LogP contribution is -2.59. The Kier molecular flexibility index (Phi) is 24.0. The second-order valence-electron chi connectivity index (χ2n) is 16.7. The Morgan fingerprint density at radius 2 is 1.16 bits per heavy atom. The molecular formula is C47H64N10O11S. The maximum atomic E-state index is 14.2. The molecule has 21 nitrogen and oxygen atoms in total. The first kappa shape index (κ1) is 56.1. The molecule has 3 aromatic carbocycles. The van der Waals surface area contributed by atoms with Crippen molar-refractivity contribution in [3.05, 3.63) is 108 Å². The van der Waals surface area contributed by atoms with Crippen molar-refractivity contribution in [2.24, 2.45) is 11.6 Å². The standard InChI is InChI=1S/C47H64N10O11S/c1-30(52-46(66)68-47(2,3)4)40(60)51-26-39(59)53-37(29-69-28-33-20-12-7-13-21-33)43(63)54-34(22-14-15-23-50-45(65)67-27-32-18-10-6-11-19-32)41(61)56-36(25-38(48)58)42(62)55-35(44(64)57-49)24-31-16-8-5-9-17-31/h5-13,16-21,30,34-37H,14-15,22-29,49H2,1-4H3,(H2,48,58)(H,50,65)(H,51,60)(H,52,66)(H,53,59)(H,54,63)(H,55,62)(H,56,61)(H,57,64)/t30-,34-,35-,36-,37-/m0/s1. The minimum Gasteiger partial charge on any atom is -0.445 e. The van der Waals surface area contributed by atoms with Gasteiger partial charge in [0.1, 0.15) is 42.4 Å². The Labute approximate surface area is 405 Å². The molecule has 22 heteroatoms. The fourth-order valence-electron chi connectivity index (χ4n) is 6.26. The number of rotatable bonds is 27. The highest BCUT2D eigenvalue weighted by atomic mass is 32.2. The summed E-state index contributed by atoms with van der Waals surface area (Å²) in [7, 11) is 0. The van der Waals surface area contributed by atoms with Crippen LogP contribution in [0.25, 0.3) is 0 Å². The maximum absolute atomic E-state index is 14.2. The lowest BCUT2D eigenvalue weighted by Gasteiger charge is -2.26. The normalized spacial score (nSPS) is 13.1. The molecule has 374 valence electrons. The fraction of sp³-hybridized carbons (Fsp3) is 0.426. The van der Waals surface area contributed by atoms with Crippen molar-refractivity contribution in [1.82, 2.24) is 42.6 Å². The molecule has 0 radical (unpaired) electrons. The molecule has 0 unspecified atom stereocenters. The van der Waals surface area contributed by atoms with Gasteiger partial charge in [-0.25, -0.2) is 15.4 Å². The molecule has 0 fully saturated rings. The van der Waals surface area contributed by atoms with E-state index >= 15 is 0 Å². The monoisotopic (exact) mass is 976 g/mol. The van der Waals surface area contributed by atoms with Crippen LogP contribution >= 0.6 is 11.8 Å². The third-order valence-electron chi connectivity index (χ3n) is 9.73. The smallest absolute Gasteiger partial charge is 0.408 e. The van der Waals surface area contributed by atoms with Crippen molar-refractivity contribution in [2.45, 2.75) is 108 Å². The molecule has 0 aliphatic rings. The van der Waals surface area contributed by atoms with Gasteiger partial charge in [-0.15, -0.1) is 0 Å². The van der Waals surface area contributed by atoms with Gasteiger partial charge in [-0.2, -0.15) is 11.8 Å². The van der Waals surface area contributed by atoms with Gasteiger partial charge in [0, 0.05) is 24.5 Å². The average molecular weight is 977 g/mol. The van der Waals surface area contributed by atoms with E-state index in [0.29, 0.717) is 17.7 Å². The molecule has 0 spiro atoms. The van der Waals surface area contributed by atoms with Gasteiger partial charge in [0.15, 0.2) is 0 Å². The SMILES string of the molecule is C[C@H](NC(=O)OC(C)(C)C)C(=O)NCC(=O)N[C@@H](CSCc1ccccc1)C(=O)N[C@@H](CCCCNC(=O)OCc1ccccc1)C(=O)N[C@@H](CC(N)=O)C(=O)N[C@@H](Cc1ccccc1)C(=O)NN. The van der Waals surface area contributed by atoms with E-state index in [1.807, 2.05) is 54.0 Å². The number of hydrogen-bond acceptors (Lipinski definition) is 13. The zero-order valence-corrected chi connectivity index (χ0v) is 40.0. The highest BCUT2D eigenvalue weighted by Crippen LogP contribution is 2.14. The number of thioether (sulfide) groups is 1. The van der Waals surface area contributed by atoms with E-state index in [0.717, 1.165) is 11.1 Å². The summed E-state index contributed by atoms with van der Waals surface area (Å²) in [5.74, 6) is -0.0398. The predicted molar refractivity (Wildman–Crippen MR) is 257 cm³/mol. The van der Waals surface area contributed by atoms with Gasteiger partial charge in [0.2, 0.25) is 35.4 Å². The van der Waals surface area contributed by atoms with Crippen LogP contribution in [-0.4, -0.2) is 108 Å². The summed E-state index contributed by atoms with van der Waals surface area (Å²) in [6.45, 7) is 5.94. The number of hydrogen-bond donors (Lipinski definition) is 10. The van der Waals surface area contributed by atoms with Crippen molar-refractivity contribution in [1.29, 1.82) is 0 Å². The van der Waals surface area contributed by atoms with Crippen LogP contribution in [0, 0.1) is 0 Å². The zero-order chi connectivity index (χ0) is 50.8. The molecule has 3 rings (SSSR count). The van der Waals surface area contributed by atoms with E-state index in [2.05, 4.69) is 37.2 Å². The van der Waals surface area contributed by atoms with E-state index in [4.69, 9.17) is 21.1 Å². The summed E-state index contributed by atoms with van der Waals surface area (Å²) in [4.78, 5) is 118. The Morgan fingerprint density at radius 1 is 0.609 bits per heavy atom. The van der Waals surface area contributed by atoms with Gasteiger partial charge in [-0.3, -0.25) is 39.0 Å². The molecule has 0 aliphatic carbocycles. The largest absolute Gasteiger partial charge is 0.445 e. The quantitative estimate of drug-likeness (QED) is 0.0222. The third-order valence-corrected chi connectivity index (χ3v) is 10.8. The van der Waals surface area contributed by atoms with E-state index < -0.39 is 102 Å². The topological polar surface area (TPSA) is 320 Å². The minimum absolute atomic E-state index is 0.000434. The Morgan fingerprint density at radius 3 is 1.75 bits per heavy atom. The van der Waals surface area contributed by atoms with Crippen LogP contribution in [-0.2, 0) is 61.8 Å². The number of nitrogens with two attached hydrogens (primary N) is 2.